The van der Waals surface area contributed by atoms with Crippen molar-refractivity contribution in [1.29, 1.82) is 0 Å². The molecule has 0 heterocycles. The van der Waals surface area contributed by atoms with Crippen molar-refractivity contribution in [2.24, 2.45) is 0 Å². The van der Waals surface area contributed by atoms with Crippen LogP contribution in [0, 0.1) is 0 Å². The summed E-state index contributed by atoms with van der Waals surface area (Å²) in [7, 11) is -1.97. The largest absolute Gasteiger partial charge is 0.222 e. The molecule has 2 nitrogen and oxygen atoms in total. The van der Waals surface area contributed by atoms with Crippen molar-refractivity contribution in [2.75, 3.05) is 5.75 Å². The van der Waals surface area contributed by atoms with Crippen LogP contribution in [0.4, 0.5) is 0 Å². The smallest absolute Gasteiger partial charge is 0.213 e. The van der Waals surface area contributed by atoms with Gasteiger partial charge in [-0.2, -0.15) is 0 Å². The molecule has 0 aromatic heterocycles. The monoisotopic (exact) mass is 180 g/mol. The molecule has 0 saturated carbocycles. The van der Waals surface area contributed by atoms with E-state index in [0.29, 0.717) is 5.75 Å². The van der Waals surface area contributed by atoms with Crippen molar-refractivity contribution in [3.63, 3.8) is 0 Å². The van der Waals surface area contributed by atoms with E-state index in [2.05, 4.69) is 0 Å². The first-order valence-corrected chi connectivity index (χ1v) is 6.19. The average Bonchev–Trinajstić information content (AvgIpc) is 1.84. The predicted molar refractivity (Wildman–Crippen MR) is 46.5 cm³/mol. The van der Waals surface area contributed by atoms with E-state index in [4.69, 9.17) is 0 Å². The topological polar surface area (TPSA) is 34.1 Å². The summed E-state index contributed by atoms with van der Waals surface area (Å²) in [5.74, 6) is 0.673. The standard InChI is InChI=1S/C6H12O2S2/c1-3-5-9-10(7,8)6-4-2/h4,6H,3,5H2,1-2H3/b6-4-. The zero-order valence-corrected chi connectivity index (χ0v) is 7.83. The molecule has 0 aromatic carbocycles. The SMILES string of the molecule is C/C=C\S(=O)(=O)SCCC. The fourth-order valence-corrected chi connectivity index (χ4v) is 2.98. The molecule has 0 N–H and O–H groups in total. The van der Waals surface area contributed by atoms with Gasteiger partial charge in [-0.3, -0.25) is 0 Å². The summed E-state index contributed by atoms with van der Waals surface area (Å²) in [5, 5.41) is 1.23. The minimum atomic E-state index is -2.96. The molecule has 60 valence electrons. The van der Waals surface area contributed by atoms with Gasteiger partial charge in [0.25, 0.3) is 0 Å². The Morgan fingerprint density at radius 1 is 1.50 bits per heavy atom. The number of hydrogen-bond donors (Lipinski definition) is 0. The Kier molecular flexibility index (Phi) is 4.81. The Balaban J connectivity index is 3.89. The van der Waals surface area contributed by atoms with E-state index in [1.807, 2.05) is 6.92 Å². The lowest BCUT2D eigenvalue weighted by atomic mass is 10.6. The van der Waals surface area contributed by atoms with Crippen molar-refractivity contribution >= 4 is 19.7 Å². The van der Waals surface area contributed by atoms with Gasteiger partial charge in [0.15, 0.2) is 0 Å². The maximum absolute atomic E-state index is 10.9. The van der Waals surface area contributed by atoms with Crippen LogP contribution in [-0.4, -0.2) is 14.2 Å². The quantitative estimate of drug-likeness (QED) is 0.620. The van der Waals surface area contributed by atoms with E-state index in [9.17, 15) is 8.42 Å². The van der Waals surface area contributed by atoms with Gasteiger partial charge in [0.2, 0.25) is 8.87 Å². The summed E-state index contributed by atoms with van der Waals surface area (Å²) in [6.45, 7) is 3.65. The summed E-state index contributed by atoms with van der Waals surface area (Å²) in [6.07, 6.45) is 2.43. The Bertz CT molecular complexity index is 192. The summed E-state index contributed by atoms with van der Waals surface area (Å²) in [4.78, 5) is 0. The summed E-state index contributed by atoms with van der Waals surface area (Å²) >= 11 is 0. The van der Waals surface area contributed by atoms with Crippen LogP contribution in [0.5, 0.6) is 0 Å². The van der Waals surface area contributed by atoms with E-state index in [1.165, 1.54) is 11.5 Å². The molecule has 0 unspecified atom stereocenters. The highest BCUT2D eigenvalue weighted by Gasteiger charge is 2.03. The third kappa shape index (κ3) is 4.88. The second kappa shape index (κ2) is 4.79. The van der Waals surface area contributed by atoms with Crippen LogP contribution in [-0.2, 0) is 8.87 Å². The van der Waals surface area contributed by atoms with Gasteiger partial charge in [-0.15, -0.1) is 0 Å². The Labute approximate surface area is 66.0 Å². The van der Waals surface area contributed by atoms with Crippen LogP contribution >= 0.6 is 10.8 Å². The molecule has 0 saturated heterocycles. The van der Waals surface area contributed by atoms with Crippen molar-refractivity contribution < 1.29 is 8.42 Å². The fraction of sp³-hybridized carbons (Fsp3) is 0.667. The highest BCUT2D eigenvalue weighted by molar-refractivity contribution is 8.73. The minimum absolute atomic E-state index is 0.673. The molecule has 0 amide bonds. The summed E-state index contributed by atoms with van der Waals surface area (Å²) < 4.78 is 21.7. The van der Waals surface area contributed by atoms with Crippen LogP contribution in [0.25, 0.3) is 0 Å². The zero-order valence-electron chi connectivity index (χ0n) is 6.20. The Morgan fingerprint density at radius 2 is 2.10 bits per heavy atom. The average molecular weight is 180 g/mol. The second-order valence-corrected chi connectivity index (χ2v) is 5.79. The third-order valence-corrected chi connectivity index (χ3v) is 4.08. The van der Waals surface area contributed by atoms with E-state index >= 15 is 0 Å². The molecule has 0 aliphatic carbocycles. The third-order valence-electron chi connectivity index (χ3n) is 0.754. The first-order valence-electron chi connectivity index (χ1n) is 3.14. The minimum Gasteiger partial charge on any atom is -0.213 e. The van der Waals surface area contributed by atoms with Crippen molar-refractivity contribution in [2.45, 2.75) is 20.3 Å². The van der Waals surface area contributed by atoms with Crippen LogP contribution in [0.3, 0.4) is 0 Å². The first-order chi connectivity index (χ1) is 4.62. The second-order valence-electron chi connectivity index (χ2n) is 1.78. The van der Waals surface area contributed by atoms with Gasteiger partial charge < -0.3 is 0 Å². The van der Waals surface area contributed by atoms with Crippen LogP contribution in [0.15, 0.2) is 11.5 Å². The van der Waals surface area contributed by atoms with E-state index in [1.54, 1.807) is 6.92 Å². The van der Waals surface area contributed by atoms with Gasteiger partial charge in [0.05, 0.1) is 0 Å². The molecule has 0 aliphatic rings. The maximum Gasteiger partial charge on any atom is 0.222 e. The van der Waals surface area contributed by atoms with Crippen molar-refractivity contribution in [3.8, 4) is 0 Å². The molecule has 0 rings (SSSR count). The lowest BCUT2D eigenvalue weighted by Gasteiger charge is -1.93. The molecule has 4 heteroatoms. The van der Waals surface area contributed by atoms with Crippen LogP contribution in [0.2, 0.25) is 0 Å². The highest BCUT2D eigenvalue weighted by Crippen LogP contribution is 2.14. The molecule has 0 atom stereocenters. The zero-order chi connectivity index (χ0) is 8.04. The van der Waals surface area contributed by atoms with Crippen molar-refractivity contribution in [1.82, 2.24) is 0 Å². The summed E-state index contributed by atoms with van der Waals surface area (Å²) in [6, 6.07) is 0. The molecular weight excluding hydrogens is 168 g/mol. The van der Waals surface area contributed by atoms with Crippen LogP contribution in [0.1, 0.15) is 20.3 Å². The van der Waals surface area contributed by atoms with Gasteiger partial charge in [0.1, 0.15) is 0 Å². The highest BCUT2D eigenvalue weighted by atomic mass is 33.1. The van der Waals surface area contributed by atoms with E-state index in [-0.39, 0.29) is 0 Å². The molecule has 0 radical (unpaired) electrons. The van der Waals surface area contributed by atoms with Gasteiger partial charge >= 0.3 is 0 Å². The van der Waals surface area contributed by atoms with Crippen LogP contribution < -0.4 is 0 Å². The molecular formula is C6H12O2S2. The number of rotatable bonds is 4. The molecule has 0 fully saturated rings. The lowest BCUT2D eigenvalue weighted by molar-refractivity contribution is 0.618. The molecule has 0 bridgehead atoms. The van der Waals surface area contributed by atoms with E-state index < -0.39 is 8.87 Å². The molecule has 0 aromatic rings. The molecule has 0 spiro atoms. The van der Waals surface area contributed by atoms with Gasteiger partial charge in [-0.25, -0.2) is 8.42 Å². The fourth-order valence-electron chi connectivity index (χ4n) is 0.405. The normalized spacial score (nSPS) is 12.6. The number of allylic oxidation sites excluding steroid dienone is 1. The van der Waals surface area contributed by atoms with Gasteiger partial charge in [-0.05, 0) is 24.1 Å². The van der Waals surface area contributed by atoms with Gasteiger partial charge in [0, 0.05) is 11.2 Å². The first kappa shape index (κ1) is 10.0. The van der Waals surface area contributed by atoms with Gasteiger partial charge in [-0.1, -0.05) is 13.0 Å². The predicted octanol–water partition coefficient (Wildman–Crippen LogP) is 1.99. The molecule has 0 aliphatic heterocycles. The molecule has 10 heavy (non-hydrogen) atoms. The van der Waals surface area contributed by atoms with E-state index in [0.717, 1.165) is 17.2 Å². The van der Waals surface area contributed by atoms with Crippen molar-refractivity contribution in [3.05, 3.63) is 11.5 Å². The summed E-state index contributed by atoms with van der Waals surface area (Å²) in [5.41, 5.74) is 0. The Hall–Kier alpha value is 0.0400. The lowest BCUT2D eigenvalue weighted by Crippen LogP contribution is -1.88. The number of hydrogen-bond acceptors (Lipinski definition) is 3. The maximum atomic E-state index is 10.9. The Morgan fingerprint density at radius 3 is 2.50 bits per heavy atom.